The highest BCUT2D eigenvalue weighted by Gasteiger charge is 2.28. The summed E-state index contributed by atoms with van der Waals surface area (Å²) >= 11 is 1.14. The molecule has 0 fully saturated rings. The van der Waals surface area contributed by atoms with Gasteiger partial charge in [-0.3, -0.25) is 0 Å². The molecule has 0 aliphatic carbocycles. The van der Waals surface area contributed by atoms with Gasteiger partial charge in [-0.25, -0.2) is 19.1 Å². The highest BCUT2D eigenvalue weighted by molar-refractivity contribution is 7.15. The monoisotopic (exact) mass is 329 g/mol. The van der Waals surface area contributed by atoms with Crippen molar-refractivity contribution < 1.29 is 23.0 Å². The van der Waals surface area contributed by atoms with Crippen LogP contribution in [0, 0.1) is 18.6 Å². The Morgan fingerprint density at radius 1 is 1.32 bits per heavy atom. The number of urea groups is 1. The quantitative estimate of drug-likeness (QED) is 0.935. The van der Waals surface area contributed by atoms with Crippen molar-refractivity contribution in [3.63, 3.8) is 0 Å². The van der Waals surface area contributed by atoms with Crippen LogP contribution in [-0.2, 0) is 0 Å². The first-order valence-corrected chi connectivity index (χ1v) is 6.84. The van der Waals surface area contributed by atoms with Crippen molar-refractivity contribution in [1.82, 2.24) is 4.98 Å². The van der Waals surface area contributed by atoms with Gasteiger partial charge in [0.1, 0.15) is 5.69 Å². The van der Waals surface area contributed by atoms with Gasteiger partial charge in [-0.1, -0.05) is 0 Å². The Morgan fingerprint density at radius 3 is 2.41 bits per heavy atom. The van der Waals surface area contributed by atoms with E-state index in [-0.39, 0.29) is 16.6 Å². The standard InChI is InChI=1S/C13H13F2N3O3S/c1-6-5-17-13(22-6)18(12(16)19)8-4-7(14)10(20-2)9(15)11(8)21-3/h4-5H,1-3H3,(H2,16,19). The summed E-state index contributed by atoms with van der Waals surface area (Å²) in [7, 11) is 2.31. The zero-order valence-corrected chi connectivity index (χ0v) is 12.8. The van der Waals surface area contributed by atoms with Crippen molar-refractivity contribution in [3.05, 3.63) is 28.8 Å². The molecule has 0 spiro atoms. The molecule has 2 aromatic rings. The Hall–Kier alpha value is -2.42. The summed E-state index contributed by atoms with van der Waals surface area (Å²) in [6.45, 7) is 1.77. The number of hydrogen-bond donors (Lipinski definition) is 1. The van der Waals surface area contributed by atoms with Crippen molar-refractivity contribution >= 4 is 28.2 Å². The number of carbonyl (C=O) groups is 1. The predicted molar refractivity (Wildman–Crippen MR) is 78.0 cm³/mol. The minimum atomic E-state index is -1.07. The molecule has 0 radical (unpaired) electrons. The Labute approximate surface area is 129 Å². The third kappa shape index (κ3) is 2.67. The summed E-state index contributed by atoms with van der Waals surface area (Å²) in [5, 5.41) is 0.173. The molecular weight excluding hydrogens is 316 g/mol. The second-order valence-corrected chi connectivity index (χ2v) is 5.40. The smallest absolute Gasteiger partial charge is 0.325 e. The van der Waals surface area contributed by atoms with Crippen LogP contribution in [0.25, 0.3) is 0 Å². The molecule has 0 saturated carbocycles. The number of primary amides is 1. The molecule has 22 heavy (non-hydrogen) atoms. The highest BCUT2D eigenvalue weighted by Crippen LogP contribution is 2.42. The fraction of sp³-hybridized carbons (Fsp3) is 0.231. The number of methoxy groups -OCH3 is 2. The third-order valence-electron chi connectivity index (χ3n) is 2.78. The lowest BCUT2D eigenvalue weighted by Gasteiger charge is -2.21. The molecule has 0 bridgehead atoms. The van der Waals surface area contributed by atoms with Gasteiger partial charge in [0.2, 0.25) is 5.82 Å². The number of carbonyl (C=O) groups excluding carboxylic acids is 1. The summed E-state index contributed by atoms with van der Waals surface area (Å²) in [6, 6.07) is -0.0426. The van der Waals surface area contributed by atoms with Gasteiger partial charge in [0.15, 0.2) is 22.4 Å². The van der Waals surface area contributed by atoms with Gasteiger partial charge in [0.05, 0.1) is 14.2 Å². The molecule has 2 rings (SSSR count). The molecule has 0 aliphatic heterocycles. The van der Waals surface area contributed by atoms with E-state index < -0.39 is 23.4 Å². The van der Waals surface area contributed by atoms with Crippen molar-refractivity contribution in [2.24, 2.45) is 5.73 Å². The second-order valence-electron chi connectivity index (χ2n) is 4.19. The van der Waals surface area contributed by atoms with Crippen molar-refractivity contribution in [2.45, 2.75) is 6.92 Å². The van der Waals surface area contributed by atoms with Gasteiger partial charge >= 0.3 is 6.03 Å². The number of halogens is 2. The molecule has 1 aromatic heterocycles. The number of nitrogens with two attached hydrogens (primary N) is 1. The number of aryl methyl sites for hydroxylation is 1. The molecule has 118 valence electrons. The van der Waals surface area contributed by atoms with E-state index >= 15 is 0 Å². The van der Waals surface area contributed by atoms with E-state index in [1.54, 1.807) is 6.92 Å². The van der Waals surface area contributed by atoms with E-state index in [1.165, 1.54) is 13.3 Å². The molecule has 0 unspecified atom stereocenters. The number of thiazole rings is 1. The lowest BCUT2D eigenvalue weighted by molar-refractivity contribution is 0.255. The largest absolute Gasteiger partial charge is 0.491 e. The Kier molecular flexibility index (Phi) is 4.45. The van der Waals surface area contributed by atoms with E-state index in [9.17, 15) is 13.6 Å². The van der Waals surface area contributed by atoms with Crippen LogP contribution in [-0.4, -0.2) is 25.2 Å². The predicted octanol–water partition coefficient (Wildman–Crippen LogP) is 2.96. The van der Waals surface area contributed by atoms with Crippen LogP contribution in [0.2, 0.25) is 0 Å². The van der Waals surface area contributed by atoms with Crippen LogP contribution < -0.4 is 20.1 Å². The van der Waals surface area contributed by atoms with Gasteiger partial charge in [-0.15, -0.1) is 11.3 Å². The molecule has 0 saturated heterocycles. The minimum Gasteiger partial charge on any atom is -0.491 e. The molecule has 0 atom stereocenters. The Balaban J connectivity index is 2.69. The number of ether oxygens (including phenoxy) is 2. The molecule has 2 amide bonds. The summed E-state index contributed by atoms with van der Waals surface area (Å²) in [6.07, 6.45) is 1.51. The first-order chi connectivity index (χ1) is 10.4. The average molecular weight is 329 g/mol. The molecular formula is C13H13F2N3O3S. The van der Waals surface area contributed by atoms with Crippen LogP contribution in [0.3, 0.4) is 0 Å². The SMILES string of the molecule is COc1c(F)cc(N(C(N)=O)c2ncc(C)s2)c(OC)c1F. The maximum atomic E-state index is 14.3. The van der Waals surface area contributed by atoms with Crippen molar-refractivity contribution in [2.75, 3.05) is 19.1 Å². The van der Waals surface area contributed by atoms with E-state index in [0.717, 1.165) is 34.3 Å². The zero-order chi connectivity index (χ0) is 16.4. The number of aromatic nitrogens is 1. The first kappa shape index (κ1) is 16.0. The fourth-order valence-electron chi connectivity index (χ4n) is 1.88. The van der Waals surface area contributed by atoms with E-state index in [0.29, 0.717) is 0 Å². The van der Waals surface area contributed by atoms with Gasteiger partial charge in [0, 0.05) is 17.1 Å². The summed E-state index contributed by atoms with van der Waals surface area (Å²) in [4.78, 5) is 17.4. The fourth-order valence-corrected chi connectivity index (χ4v) is 2.66. The van der Waals surface area contributed by atoms with Crippen LogP contribution in [0.15, 0.2) is 12.3 Å². The van der Waals surface area contributed by atoms with E-state index in [1.807, 2.05) is 0 Å². The summed E-state index contributed by atoms with van der Waals surface area (Å²) in [5.74, 6) is -3.04. The average Bonchev–Trinajstić information content (AvgIpc) is 2.85. The number of amides is 2. The van der Waals surface area contributed by atoms with Crippen LogP contribution in [0.5, 0.6) is 11.5 Å². The highest BCUT2D eigenvalue weighted by atomic mass is 32.1. The zero-order valence-electron chi connectivity index (χ0n) is 12.0. The maximum absolute atomic E-state index is 14.3. The molecule has 2 N–H and O–H groups in total. The maximum Gasteiger partial charge on any atom is 0.325 e. The van der Waals surface area contributed by atoms with Gasteiger partial charge < -0.3 is 15.2 Å². The van der Waals surface area contributed by atoms with E-state index in [2.05, 4.69) is 9.72 Å². The summed E-state index contributed by atoms with van der Waals surface area (Å²) in [5.41, 5.74) is 5.13. The number of nitrogens with zero attached hydrogens (tertiary/aromatic N) is 2. The molecule has 6 nitrogen and oxygen atoms in total. The van der Waals surface area contributed by atoms with Crippen molar-refractivity contribution in [1.29, 1.82) is 0 Å². The lowest BCUT2D eigenvalue weighted by atomic mass is 10.2. The molecule has 1 heterocycles. The normalized spacial score (nSPS) is 10.4. The van der Waals surface area contributed by atoms with Crippen LogP contribution in [0.4, 0.5) is 24.4 Å². The Bertz CT molecular complexity index is 721. The van der Waals surface area contributed by atoms with Gasteiger partial charge in [0.25, 0.3) is 0 Å². The third-order valence-corrected chi connectivity index (χ3v) is 3.68. The topological polar surface area (TPSA) is 77.7 Å². The van der Waals surface area contributed by atoms with Crippen LogP contribution in [0.1, 0.15) is 4.88 Å². The molecule has 9 heteroatoms. The number of rotatable bonds is 4. The number of hydrogen-bond acceptors (Lipinski definition) is 5. The molecule has 1 aromatic carbocycles. The first-order valence-electron chi connectivity index (χ1n) is 6.02. The van der Waals surface area contributed by atoms with Crippen molar-refractivity contribution in [3.8, 4) is 11.5 Å². The Morgan fingerprint density at radius 2 is 1.95 bits per heavy atom. The number of benzene rings is 1. The second kappa shape index (κ2) is 6.14. The van der Waals surface area contributed by atoms with Crippen LogP contribution >= 0.6 is 11.3 Å². The van der Waals surface area contributed by atoms with Gasteiger partial charge in [-0.2, -0.15) is 4.39 Å². The number of anilines is 2. The van der Waals surface area contributed by atoms with E-state index in [4.69, 9.17) is 10.5 Å². The minimum absolute atomic E-state index is 0.173. The molecule has 0 aliphatic rings. The lowest BCUT2D eigenvalue weighted by Crippen LogP contribution is -2.32. The summed E-state index contributed by atoms with van der Waals surface area (Å²) < 4.78 is 37.8. The van der Waals surface area contributed by atoms with Gasteiger partial charge in [-0.05, 0) is 6.92 Å².